The summed E-state index contributed by atoms with van der Waals surface area (Å²) in [6.07, 6.45) is 3.93. The lowest BCUT2D eigenvalue weighted by Crippen LogP contribution is -2.40. The smallest absolute Gasteiger partial charge is 0.320 e. The van der Waals surface area contributed by atoms with Gasteiger partial charge in [-0.3, -0.25) is 4.79 Å². The molecule has 1 heterocycles. The molecule has 0 spiro atoms. The fraction of sp³-hybridized carbons (Fsp3) is 0.900. The van der Waals surface area contributed by atoms with Crippen LogP contribution in [0.1, 0.15) is 32.6 Å². The summed E-state index contributed by atoms with van der Waals surface area (Å²) < 4.78 is 5.41. The van der Waals surface area contributed by atoms with Crippen molar-refractivity contribution in [2.24, 2.45) is 0 Å². The lowest BCUT2D eigenvalue weighted by atomic mass is 10.1. The van der Waals surface area contributed by atoms with Crippen LogP contribution in [-0.2, 0) is 9.53 Å². The highest BCUT2D eigenvalue weighted by atomic mass is 16.5. The number of hydrogen-bond acceptors (Lipinski definition) is 3. The van der Waals surface area contributed by atoms with E-state index < -0.39 is 12.0 Å². The molecular weight excluding hydrogens is 182 g/mol. The summed E-state index contributed by atoms with van der Waals surface area (Å²) in [5.74, 6) is -0.759. The van der Waals surface area contributed by atoms with Crippen molar-refractivity contribution in [2.45, 2.75) is 44.8 Å². The van der Waals surface area contributed by atoms with E-state index in [2.05, 4.69) is 5.32 Å². The lowest BCUT2D eigenvalue weighted by Gasteiger charge is -2.16. The molecule has 1 aliphatic heterocycles. The van der Waals surface area contributed by atoms with E-state index in [1.54, 1.807) is 0 Å². The second-order valence-corrected chi connectivity index (χ2v) is 3.72. The molecule has 0 bridgehead atoms. The van der Waals surface area contributed by atoms with Crippen molar-refractivity contribution in [2.75, 3.05) is 13.2 Å². The van der Waals surface area contributed by atoms with Crippen LogP contribution in [0, 0.1) is 0 Å². The molecule has 82 valence electrons. The van der Waals surface area contributed by atoms with Gasteiger partial charge in [0.2, 0.25) is 0 Å². The van der Waals surface area contributed by atoms with Gasteiger partial charge in [0, 0.05) is 13.2 Å². The van der Waals surface area contributed by atoms with Gasteiger partial charge in [-0.05, 0) is 19.3 Å². The molecule has 14 heavy (non-hydrogen) atoms. The van der Waals surface area contributed by atoms with Crippen LogP contribution in [0.5, 0.6) is 0 Å². The van der Waals surface area contributed by atoms with E-state index >= 15 is 0 Å². The molecule has 1 rings (SSSR count). The van der Waals surface area contributed by atoms with Crippen LogP contribution in [0.15, 0.2) is 0 Å². The predicted molar refractivity (Wildman–Crippen MR) is 53.3 cm³/mol. The number of hydrogen-bond donors (Lipinski definition) is 2. The summed E-state index contributed by atoms with van der Waals surface area (Å²) in [5.41, 5.74) is 0. The highest BCUT2D eigenvalue weighted by Gasteiger charge is 2.20. The van der Waals surface area contributed by atoms with E-state index in [0.29, 0.717) is 13.0 Å². The van der Waals surface area contributed by atoms with E-state index in [9.17, 15) is 4.79 Å². The number of nitrogens with one attached hydrogen (secondary N) is 1. The molecule has 2 unspecified atom stereocenters. The lowest BCUT2D eigenvalue weighted by molar-refractivity contribution is -0.139. The maximum absolute atomic E-state index is 10.8. The van der Waals surface area contributed by atoms with Crippen molar-refractivity contribution < 1.29 is 14.6 Å². The fourth-order valence-electron chi connectivity index (χ4n) is 1.68. The third-order valence-electron chi connectivity index (χ3n) is 2.49. The minimum Gasteiger partial charge on any atom is -0.480 e. The van der Waals surface area contributed by atoms with Crippen molar-refractivity contribution in [1.29, 1.82) is 0 Å². The van der Waals surface area contributed by atoms with Crippen LogP contribution in [0.25, 0.3) is 0 Å². The maximum Gasteiger partial charge on any atom is 0.320 e. The second-order valence-electron chi connectivity index (χ2n) is 3.72. The standard InChI is InChI=1S/C10H19NO3/c1-2-4-9(10(12)13)11-7-8-5-3-6-14-8/h8-9,11H,2-7H2,1H3,(H,12,13). The summed E-state index contributed by atoms with van der Waals surface area (Å²) in [5, 5.41) is 11.9. The highest BCUT2D eigenvalue weighted by Crippen LogP contribution is 2.11. The van der Waals surface area contributed by atoms with Crippen LogP contribution in [0.4, 0.5) is 0 Å². The first-order valence-electron chi connectivity index (χ1n) is 5.31. The Kier molecular flexibility index (Phi) is 4.90. The Balaban J connectivity index is 2.21. The first-order valence-corrected chi connectivity index (χ1v) is 5.31. The van der Waals surface area contributed by atoms with E-state index in [4.69, 9.17) is 9.84 Å². The molecule has 0 aliphatic carbocycles. The van der Waals surface area contributed by atoms with E-state index in [0.717, 1.165) is 25.9 Å². The third-order valence-corrected chi connectivity index (χ3v) is 2.49. The Bertz CT molecular complexity index is 178. The molecule has 0 aromatic rings. The molecule has 1 fully saturated rings. The van der Waals surface area contributed by atoms with Gasteiger partial charge >= 0.3 is 5.97 Å². The average Bonchev–Trinajstić information content (AvgIpc) is 2.64. The monoisotopic (exact) mass is 201 g/mol. The summed E-state index contributed by atoms with van der Waals surface area (Å²) in [7, 11) is 0. The molecule has 2 atom stereocenters. The average molecular weight is 201 g/mol. The van der Waals surface area contributed by atoms with Gasteiger partial charge < -0.3 is 15.2 Å². The molecule has 0 aromatic heterocycles. The normalized spacial score (nSPS) is 23.6. The van der Waals surface area contributed by atoms with Crippen LogP contribution in [-0.4, -0.2) is 36.4 Å². The molecular formula is C10H19NO3. The molecule has 2 N–H and O–H groups in total. The Hall–Kier alpha value is -0.610. The molecule has 1 aliphatic rings. The third kappa shape index (κ3) is 3.64. The van der Waals surface area contributed by atoms with Gasteiger partial charge in [-0.1, -0.05) is 13.3 Å². The fourth-order valence-corrected chi connectivity index (χ4v) is 1.68. The van der Waals surface area contributed by atoms with Crippen molar-refractivity contribution in [3.8, 4) is 0 Å². The number of aliphatic carboxylic acids is 1. The van der Waals surface area contributed by atoms with Crippen molar-refractivity contribution in [3.63, 3.8) is 0 Å². The number of rotatable bonds is 6. The minimum absolute atomic E-state index is 0.216. The SMILES string of the molecule is CCCC(NCC1CCCO1)C(=O)O. The van der Waals surface area contributed by atoms with Crippen molar-refractivity contribution >= 4 is 5.97 Å². The largest absolute Gasteiger partial charge is 0.480 e. The Morgan fingerprint density at radius 3 is 3.00 bits per heavy atom. The van der Waals surface area contributed by atoms with E-state index in [1.807, 2.05) is 6.92 Å². The summed E-state index contributed by atoms with van der Waals surface area (Å²) in [6, 6.07) is -0.413. The zero-order chi connectivity index (χ0) is 10.4. The summed E-state index contributed by atoms with van der Waals surface area (Å²) in [4.78, 5) is 10.8. The number of carbonyl (C=O) groups is 1. The highest BCUT2D eigenvalue weighted by molar-refractivity contribution is 5.73. The topological polar surface area (TPSA) is 58.6 Å². The number of ether oxygens (including phenoxy) is 1. The Labute approximate surface area is 84.6 Å². The number of carboxylic acid groups (broad SMARTS) is 1. The molecule has 4 nitrogen and oxygen atoms in total. The quantitative estimate of drug-likeness (QED) is 0.673. The number of carboxylic acids is 1. The van der Waals surface area contributed by atoms with Gasteiger partial charge in [-0.15, -0.1) is 0 Å². The second kappa shape index (κ2) is 5.98. The summed E-state index contributed by atoms with van der Waals surface area (Å²) in [6.45, 7) is 3.47. The minimum atomic E-state index is -0.759. The molecule has 0 radical (unpaired) electrons. The predicted octanol–water partition coefficient (Wildman–Crippen LogP) is 1.01. The molecule has 0 aromatic carbocycles. The zero-order valence-electron chi connectivity index (χ0n) is 8.66. The van der Waals surface area contributed by atoms with E-state index in [-0.39, 0.29) is 6.10 Å². The first-order chi connectivity index (χ1) is 6.74. The first kappa shape index (κ1) is 11.5. The molecule has 0 saturated carbocycles. The van der Waals surface area contributed by atoms with Crippen LogP contribution in [0.2, 0.25) is 0 Å². The van der Waals surface area contributed by atoms with Gasteiger partial charge in [0.1, 0.15) is 6.04 Å². The van der Waals surface area contributed by atoms with Gasteiger partial charge in [0.05, 0.1) is 6.10 Å². The Morgan fingerprint density at radius 2 is 2.50 bits per heavy atom. The molecule has 4 heteroatoms. The van der Waals surface area contributed by atoms with Crippen LogP contribution < -0.4 is 5.32 Å². The van der Waals surface area contributed by atoms with E-state index in [1.165, 1.54) is 0 Å². The van der Waals surface area contributed by atoms with Gasteiger partial charge in [0.15, 0.2) is 0 Å². The van der Waals surface area contributed by atoms with Gasteiger partial charge in [-0.25, -0.2) is 0 Å². The van der Waals surface area contributed by atoms with Crippen molar-refractivity contribution in [3.05, 3.63) is 0 Å². The maximum atomic E-state index is 10.8. The van der Waals surface area contributed by atoms with Gasteiger partial charge in [-0.2, -0.15) is 0 Å². The van der Waals surface area contributed by atoms with Crippen LogP contribution in [0.3, 0.4) is 0 Å². The molecule has 1 saturated heterocycles. The van der Waals surface area contributed by atoms with Gasteiger partial charge in [0.25, 0.3) is 0 Å². The molecule has 0 amide bonds. The Morgan fingerprint density at radius 1 is 1.71 bits per heavy atom. The zero-order valence-corrected chi connectivity index (χ0v) is 8.66. The summed E-state index contributed by atoms with van der Waals surface area (Å²) >= 11 is 0. The van der Waals surface area contributed by atoms with Crippen LogP contribution >= 0.6 is 0 Å². The van der Waals surface area contributed by atoms with Crippen molar-refractivity contribution in [1.82, 2.24) is 5.32 Å².